The Kier molecular flexibility index (Phi) is 13.7. The molecule has 6 heteroatoms. The third-order valence-corrected chi connectivity index (χ3v) is 18.5. The molecule has 15 aromatic rings. The lowest BCUT2D eigenvalue weighted by Gasteiger charge is -2.21. The predicted octanol–water partition coefficient (Wildman–Crippen LogP) is 20.3. The Labute approximate surface area is 503 Å². The number of benzene rings is 9. The van der Waals surface area contributed by atoms with Crippen LogP contribution < -0.4 is 13.7 Å². The Bertz CT molecular complexity index is 5170. The molecule has 1 aliphatic carbocycles. The summed E-state index contributed by atoms with van der Waals surface area (Å²) in [4.78, 5) is 0. The molecule has 0 amide bonds. The van der Waals surface area contributed by atoms with E-state index in [9.17, 15) is 0 Å². The number of furan rings is 3. The Balaban J connectivity index is 0.000000114. The minimum atomic E-state index is 0.0937. The average Bonchev–Trinajstić information content (AvgIpc) is 1.77. The van der Waals surface area contributed by atoms with E-state index in [4.69, 9.17) is 13.3 Å². The molecule has 16 rings (SSSR count). The molecule has 1 fully saturated rings. The summed E-state index contributed by atoms with van der Waals surface area (Å²) in [5, 5.41) is 14.5. The van der Waals surface area contributed by atoms with Gasteiger partial charge in [0.25, 0.3) is 0 Å². The van der Waals surface area contributed by atoms with Crippen molar-refractivity contribution in [2.24, 2.45) is 21.1 Å². The van der Waals surface area contributed by atoms with E-state index in [1.165, 1.54) is 164 Å². The number of pyridine rings is 3. The van der Waals surface area contributed by atoms with Crippen molar-refractivity contribution < 1.29 is 27.0 Å². The Hall–Kier alpha value is -9.39. The van der Waals surface area contributed by atoms with E-state index in [-0.39, 0.29) is 5.41 Å². The van der Waals surface area contributed by atoms with Crippen molar-refractivity contribution >= 4 is 98.1 Å². The van der Waals surface area contributed by atoms with Crippen LogP contribution in [0.1, 0.15) is 92.2 Å². The van der Waals surface area contributed by atoms with Gasteiger partial charge in [-0.1, -0.05) is 149 Å². The van der Waals surface area contributed by atoms with Crippen LogP contribution in [-0.4, -0.2) is 0 Å². The molecule has 1 saturated carbocycles. The number of fused-ring (bicyclic) bond motifs is 12. The maximum atomic E-state index is 6.55. The van der Waals surface area contributed by atoms with E-state index < -0.39 is 0 Å². The minimum absolute atomic E-state index is 0.0937. The number of aryl methyl sites for hydroxylation is 7. The first-order valence-electron chi connectivity index (χ1n) is 30.6. The first kappa shape index (κ1) is 54.5. The Morgan fingerprint density at radius 1 is 0.372 bits per heavy atom. The van der Waals surface area contributed by atoms with Crippen molar-refractivity contribution in [1.82, 2.24) is 0 Å². The topological polar surface area (TPSA) is 51.1 Å². The third-order valence-electron chi connectivity index (χ3n) is 18.5. The summed E-state index contributed by atoms with van der Waals surface area (Å²) in [5.74, 6) is 0.689. The second kappa shape index (κ2) is 21.6. The summed E-state index contributed by atoms with van der Waals surface area (Å²) >= 11 is 0. The zero-order chi connectivity index (χ0) is 59.1. The molecule has 0 bridgehead atoms. The van der Waals surface area contributed by atoms with Gasteiger partial charge in [0, 0.05) is 68.2 Å². The number of rotatable bonds is 4. The van der Waals surface area contributed by atoms with Crippen molar-refractivity contribution in [3.8, 4) is 33.8 Å². The summed E-state index contributed by atoms with van der Waals surface area (Å²) in [6.45, 7) is 15.4. The van der Waals surface area contributed by atoms with Crippen LogP contribution in [0.2, 0.25) is 0 Å². The van der Waals surface area contributed by atoms with Crippen molar-refractivity contribution in [3.05, 3.63) is 234 Å². The molecular formula is C80H74N3O3+3. The van der Waals surface area contributed by atoms with Crippen LogP contribution in [0.15, 0.2) is 214 Å². The van der Waals surface area contributed by atoms with Gasteiger partial charge in [-0.05, 0) is 154 Å². The van der Waals surface area contributed by atoms with E-state index in [0.717, 1.165) is 33.5 Å². The minimum Gasteiger partial charge on any atom is -0.455 e. The van der Waals surface area contributed by atoms with Crippen LogP contribution in [0.4, 0.5) is 0 Å². The van der Waals surface area contributed by atoms with E-state index in [0.29, 0.717) is 5.92 Å². The van der Waals surface area contributed by atoms with E-state index >= 15 is 0 Å². The molecule has 424 valence electrons. The summed E-state index contributed by atoms with van der Waals surface area (Å²) in [6.07, 6.45) is 13.3. The van der Waals surface area contributed by atoms with Gasteiger partial charge in [-0.3, -0.25) is 0 Å². The summed E-state index contributed by atoms with van der Waals surface area (Å²) in [5.41, 5.74) is 20.8. The SMILES string of the molecule is Cc1ccc(-c2c(C)ccc3c2oc2cc4ccccc4cc23)[n+](C)c1.Cc1ccc2c(oc3cc4ccccc4cc32)c1-c1cc(C(C)(C)C)cc[n+]1C.Cc1ccc2c(oc3cc4ccccc4cc32)c1-c1cc(C2CCCCC2)cc[n+]1C. The smallest absolute Gasteiger partial charge is 0.216 e. The molecule has 1 aliphatic rings. The second-order valence-corrected chi connectivity index (χ2v) is 25.5. The van der Waals surface area contributed by atoms with Gasteiger partial charge in [-0.15, -0.1) is 0 Å². The van der Waals surface area contributed by atoms with Gasteiger partial charge < -0.3 is 13.3 Å². The quantitative estimate of drug-likeness (QED) is 0.165. The van der Waals surface area contributed by atoms with Crippen LogP contribution in [0.25, 0.3) is 132 Å². The monoisotopic (exact) mass is 1120 g/mol. The molecule has 6 heterocycles. The number of hydrogen-bond acceptors (Lipinski definition) is 3. The van der Waals surface area contributed by atoms with Gasteiger partial charge in [-0.2, -0.15) is 0 Å². The molecule has 0 atom stereocenters. The molecule has 0 saturated heterocycles. The van der Waals surface area contributed by atoms with Crippen LogP contribution in [0, 0.1) is 27.7 Å². The molecule has 0 radical (unpaired) electrons. The Morgan fingerprint density at radius 2 is 0.767 bits per heavy atom. The zero-order valence-corrected chi connectivity index (χ0v) is 51.2. The average molecular weight is 1130 g/mol. The first-order chi connectivity index (χ1) is 41.6. The van der Waals surface area contributed by atoms with Gasteiger partial charge in [0.2, 0.25) is 17.1 Å². The van der Waals surface area contributed by atoms with Crippen LogP contribution in [0.3, 0.4) is 0 Å². The standard InChI is InChI=1S/C29H28NO.C27H26NO.C24H20NO/c1-19-12-13-24-25-16-21-10-6-7-11-22(21)18-27(25)31-29(24)28(19)26-17-23(14-15-30(26)2)20-8-4-3-5-9-20;1-17-10-11-21-22-14-18-8-6-7-9-19(18)15-24(22)29-26(21)25(17)23-16-20(27(2,3)4)12-13-28(23)5;1-15-8-11-21(25(3)14-15)23-16(2)9-10-19-20-12-17-6-4-5-7-18(17)13-22(20)26-24(19)23/h6-7,10-18,20H,3-5,8-9H2,1-2H3;6-16H,1-5H3;4-14H,1-3H3/q3*+1. The van der Waals surface area contributed by atoms with Crippen molar-refractivity contribution in [2.45, 2.75) is 91.9 Å². The molecule has 0 aliphatic heterocycles. The lowest BCUT2D eigenvalue weighted by atomic mass is 9.84. The van der Waals surface area contributed by atoms with Gasteiger partial charge in [0.15, 0.2) is 18.6 Å². The molecule has 6 aromatic heterocycles. The lowest BCUT2D eigenvalue weighted by Crippen LogP contribution is -2.32. The normalized spacial score (nSPS) is 13.2. The van der Waals surface area contributed by atoms with E-state index in [1.807, 2.05) is 0 Å². The molecule has 0 unspecified atom stereocenters. The van der Waals surface area contributed by atoms with Crippen LogP contribution in [-0.2, 0) is 26.6 Å². The highest BCUT2D eigenvalue weighted by Gasteiger charge is 2.27. The Morgan fingerprint density at radius 3 is 1.19 bits per heavy atom. The van der Waals surface area contributed by atoms with Gasteiger partial charge >= 0.3 is 0 Å². The predicted molar refractivity (Wildman–Crippen MR) is 357 cm³/mol. The highest BCUT2D eigenvalue weighted by molar-refractivity contribution is 6.16. The zero-order valence-electron chi connectivity index (χ0n) is 51.2. The molecule has 0 N–H and O–H groups in total. The van der Waals surface area contributed by atoms with E-state index in [2.05, 4.69) is 284 Å². The largest absolute Gasteiger partial charge is 0.455 e. The number of hydrogen-bond donors (Lipinski definition) is 0. The fraction of sp³-hybridized carbons (Fsp3) is 0.212. The molecule has 0 spiro atoms. The summed E-state index contributed by atoms with van der Waals surface area (Å²) in [6, 6.07) is 65.5. The van der Waals surface area contributed by atoms with Gasteiger partial charge in [-0.25, -0.2) is 13.7 Å². The molecule has 9 aromatic carbocycles. The highest BCUT2D eigenvalue weighted by atomic mass is 16.3. The van der Waals surface area contributed by atoms with Gasteiger partial charge in [0.1, 0.15) is 54.6 Å². The second-order valence-electron chi connectivity index (χ2n) is 25.5. The molecule has 6 nitrogen and oxygen atoms in total. The van der Waals surface area contributed by atoms with Crippen LogP contribution >= 0.6 is 0 Å². The fourth-order valence-corrected chi connectivity index (χ4v) is 13.6. The molecule has 86 heavy (non-hydrogen) atoms. The maximum Gasteiger partial charge on any atom is 0.216 e. The molecular weight excluding hydrogens is 1050 g/mol. The highest BCUT2D eigenvalue weighted by Crippen LogP contribution is 2.43. The third kappa shape index (κ3) is 9.75. The number of aromatic nitrogens is 3. The summed E-state index contributed by atoms with van der Waals surface area (Å²) < 4.78 is 26.1. The fourth-order valence-electron chi connectivity index (χ4n) is 13.6. The summed E-state index contributed by atoms with van der Waals surface area (Å²) in [7, 11) is 6.35. The maximum absolute atomic E-state index is 6.55. The van der Waals surface area contributed by atoms with Crippen molar-refractivity contribution in [2.75, 3.05) is 0 Å². The lowest BCUT2D eigenvalue weighted by molar-refractivity contribution is -0.660. The van der Waals surface area contributed by atoms with Crippen molar-refractivity contribution in [1.29, 1.82) is 0 Å². The van der Waals surface area contributed by atoms with E-state index in [1.54, 1.807) is 0 Å². The number of nitrogens with zero attached hydrogens (tertiary/aromatic N) is 3. The van der Waals surface area contributed by atoms with Crippen LogP contribution in [0.5, 0.6) is 0 Å². The van der Waals surface area contributed by atoms with Gasteiger partial charge in [0.05, 0.1) is 16.7 Å². The first-order valence-corrected chi connectivity index (χ1v) is 30.6. The van der Waals surface area contributed by atoms with Crippen molar-refractivity contribution in [3.63, 3.8) is 0 Å².